The van der Waals surface area contributed by atoms with Crippen LogP contribution in [0.25, 0.3) is 0 Å². The maximum atomic E-state index is 12.3. The summed E-state index contributed by atoms with van der Waals surface area (Å²) in [7, 11) is 0. The topological polar surface area (TPSA) is 58.2 Å². The van der Waals surface area contributed by atoms with E-state index in [1.165, 1.54) is 0 Å². The molecule has 0 spiro atoms. The van der Waals surface area contributed by atoms with Crippen LogP contribution in [0.3, 0.4) is 0 Å². The van der Waals surface area contributed by atoms with Crippen molar-refractivity contribution in [1.29, 1.82) is 0 Å². The second kappa shape index (κ2) is 7.77. The third kappa shape index (κ3) is 4.44. The normalized spacial score (nSPS) is 13.0. The van der Waals surface area contributed by atoms with Crippen LogP contribution < -0.4 is 10.6 Å². The summed E-state index contributed by atoms with van der Waals surface area (Å²) in [6.45, 7) is 7.57. The number of hydrogen-bond donors (Lipinski definition) is 2. The van der Waals surface area contributed by atoms with Crippen LogP contribution in [-0.4, -0.2) is 17.9 Å². The summed E-state index contributed by atoms with van der Waals surface area (Å²) in [5, 5.41) is 5.69. The van der Waals surface area contributed by atoms with Crippen LogP contribution in [0.5, 0.6) is 0 Å². The second-order valence-electron chi connectivity index (χ2n) is 6.15. The smallest absolute Gasteiger partial charge is 0.251 e. The Balaban J connectivity index is 1.97. The fraction of sp³-hybridized carbons (Fsp3) is 0.300. The third-order valence-corrected chi connectivity index (χ3v) is 4.03. The van der Waals surface area contributed by atoms with E-state index in [0.717, 1.165) is 16.7 Å². The Bertz CT molecular complexity index is 740. The molecule has 0 radical (unpaired) electrons. The highest BCUT2D eigenvalue weighted by Crippen LogP contribution is 2.16. The molecule has 0 saturated carbocycles. The van der Waals surface area contributed by atoms with Gasteiger partial charge in [0, 0.05) is 5.56 Å². The average Bonchev–Trinajstić information content (AvgIpc) is 2.55. The van der Waals surface area contributed by atoms with Crippen LogP contribution >= 0.6 is 0 Å². The Kier molecular flexibility index (Phi) is 5.74. The quantitative estimate of drug-likeness (QED) is 0.886. The van der Waals surface area contributed by atoms with Gasteiger partial charge >= 0.3 is 0 Å². The SMILES string of the molecule is Cc1cccc(C(=O)NC(C)C(=O)NC(C)c2ccccc2C)c1. The van der Waals surface area contributed by atoms with Gasteiger partial charge in [0.05, 0.1) is 6.04 Å². The van der Waals surface area contributed by atoms with Crippen molar-refractivity contribution < 1.29 is 9.59 Å². The molecule has 0 bridgehead atoms. The van der Waals surface area contributed by atoms with Crippen molar-refractivity contribution in [2.24, 2.45) is 0 Å². The van der Waals surface area contributed by atoms with Crippen molar-refractivity contribution in [3.8, 4) is 0 Å². The number of carbonyl (C=O) groups excluding carboxylic acids is 2. The monoisotopic (exact) mass is 324 g/mol. The Morgan fingerprint density at radius 3 is 2.29 bits per heavy atom. The van der Waals surface area contributed by atoms with Gasteiger partial charge < -0.3 is 10.6 Å². The summed E-state index contributed by atoms with van der Waals surface area (Å²) in [4.78, 5) is 24.6. The highest BCUT2D eigenvalue weighted by molar-refractivity contribution is 5.97. The predicted octanol–water partition coefficient (Wildman–Crippen LogP) is 3.30. The van der Waals surface area contributed by atoms with Gasteiger partial charge in [-0.1, -0.05) is 42.0 Å². The summed E-state index contributed by atoms with van der Waals surface area (Å²) >= 11 is 0. The number of carbonyl (C=O) groups is 2. The van der Waals surface area contributed by atoms with E-state index in [0.29, 0.717) is 5.56 Å². The van der Waals surface area contributed by atoms with Gasteiger partial charge in [0.25, 0.3) is 5.91 Å². The number of aryl methyl sites for hydroxylation is 2. The lowest BCUT2D eigenvalue weighted by atomic mass is 10.0. The molecule has 2 atom stereocenters. The van der Waals surface area contributed by atoms with Crippen molar-refractivity contribution in [3.05, 3.63) is 70.8 Å². The van der Waals surface area contributed by atoms with E-state index in [-0.39, 0.29) is 17.9 Å². The van der Waals surface area contributed by atoms with E-state index in [4.69, 9.17) is 0 Å². The summed E-state index contributed by atoms with van der Waals surface area (Å²) in [6, 6.07) is 14.5. The highest BCUT2D eigenvalue weighted by atomic mass is 16.2. The molecule has 0 aromatic heterocycles. The van der Waals surface area contributed by atoms with E-state index in [2.05, 4.69) is 10.6 Å². The molecular weight excluding hydrogens is 300 g/mol. The number of rotatable bonds is 5. The van der Waals surface area contributed by atoms with Gasteiger partial charge in [-0.25, -0.2) is 0 Å². The molecule has 2 aromatic carbocycles. The molecule has 0 aliphatic rings. The molecule has 0 aliphatic heterocycles. The van der Waals surface area contributed by atoms with Gasteiger partial charge in [0.15, 0.2) is 0 Å². The summed E-state index contributed by atoms with van der Waals surface area (Å²) in [5.41, 5.74) is 3.76. The van der Waals surface area contributed by atoms with Crippen LogP contribution in [0.1, 0.15) is 46.9 Å². The van der Waals surface area contributed by atoms with Gasteiger partial charge in [-0.3, -0.25) is 9.59 Å². The van der Waals surface area contributed by atoms with Crippen molar-refractivity contribution in [2.75, 3.05) is 0 Å². The third-order valence-electron chi connectivity index (χ3n) is 4.03. The molecular formula is C20H24N2O2. The largest absolute Gasteiger partial charge is 0.348 e. The minimum Gasteiger partial charge on any atom is -0.348 e. The van der Waals surface area contributed by atoms with Crippen molar-refractivity contribution in [1.82, 2.24) is 10.6 Å². The number of amides is 2. The molecule has 2 rings (SSSR count). The molecule has 2 amide bonds. The van der Waals surface area contributed by atoms with Gasteiger partial charge in [-0.15, -0.1) is 0 Å². The van der Waals surface area contributed by atoms with Gasteiger partial charge in [0.1, 0.15) is 6.04 Å². The second-order valence-corrected chi connectivity index (χ2v) is 6.15. The lowest BCUT2D eigenvalue weighted by Crippen LogP contribution is -2.45. The first-order chi connectivity index (χ1) is 11.4. The summed E-state index contributed by atoms with van der Waals surface area (Å²) < 4.78 is 0. The summed E-state index contributed by atoms with van der Waals surface area (Å²) in [5.74, 6) is -0.448. The number of benzene rings is 2. The fourth-order valence-electron chi connectivity index (χ4n) is 2.62. The van der Waals surface area contributed by atoms with E-state index < -0.39 is 6.04 Å². The molecule has 4 nitrogen and oxygen atoms in total. The molecule has 126 valence electrons. The van der Waals surface area contributed by atoms with Crippen LogP contribution in [0, 0.1) is 13.8 Å². The Morgan fingerprint density at radius 2 is 1.62 bits per heavy atom. The zero-order valence-corrected chi connectivity index (χ0v) is 14.6. The molecule has 0 heterocycles. The first kappa shape index (κ1) is 17.7. The molecule has 0 saturated heterocycles. The molecule has 0 aliphatic carbocycles. The molecule has 4 heteroatoms. The Morgan fingerprint density at radius 1 is 0.917 bits per heavy atom. The molecule has 0 fully saturated rings. The van der Waals surface area contributed by atoms with E-state index >= 15 is 0 Å². The first-order valence-corrected chi connectivity index (χ1v) is 8.12. The van der Waals surface area contributed by atoms with E-state index in [9.17, 15) is 9.59 Å². The van der Waals surface area contributed by atoms with Gasteiger partial charge in [-0.05, 0) is 51.0 Å². The Labute approximate surface area is 143 Å². The van der Waals surface area contributed by atoms with Crippen LogP contribution in [0.2, 0.25) is 0 Å². The number of nitrogens with one attached hydrogen (secondary N) is 2. The van der Waals surface area contributed by atoms with Crippen molar-refractivity contribution in [3.63, 3.8) is 0 Å². The lowest BCUT2D eigenvalue weighted by molar-refractivity contribution is -0.123. The van der Waals surface area contributed by atoms with E-state index in [1.807, 2.05) is 57.2 Å². The van der Waals surface area contributed by atoms with Gasteiger partial charge in [0.2, 0.25) is 5.91 Å². The zero-order valence-electron chi connectivity index (χ0n) is 14.6. The Hall–Kier alpha value is -2.62. The maximum absolute atomic E-state index is 12.3. The minimum absolute atomic E-state index is 0.114. The lowest BCUT2D eigenvalue weighted by Gasteiger charge is -2.20. The van der Waals surface area contributed by atoms with Gasteiger partial charge in [-0.2, -0.15) is 0 Å². The zero-order chi connectivity index (χ0) is 17.7. The average molecular weight is 324 g/mol. The maximum Gasteiger partial charge on any atom is 0.251 e. The van der Waals surface area contributed by atoms with Crippen molar-refractivity contribution in [2.45, 2.75) is 39.8 Å². The molecule has 2 aromatic rings. The standard InChI is InChI=1S/C20H24N2O2/c1-13-8-7-10-17(12-13)20(24)22-16(4)19(23)21-15(3)18-11-6-5-9-14(18)2/h5-12,15-16H,1-4H3,(H,21,23)(H,22,24). The fourth-order valence-corrected chi connectivity index (χ4v) is 2.62. The van der Waals surface area contributed by atoms with Crippen LogP contribution in [0.15, 0.2) is 48.5 Å². The molecule has 2 unspecified atom stereocenters. The highest BCUT2D eigenvalue weighted by Gasteiger charge is 2.19. The summed E-state index contributed by atoms with van der Waals surface area (Å²) in [6.07, 6.45) is 0. The number of hydrogen-bond acceptors (Lipinski definition) is 2. The van der Waals surface area contributed by atoms with Crippen LogP contribution in [-0.2, 0) is 4.79 Å². The van der Waals surface area contributed by atoms with Crippen LogP contribution in [0.4, 0.5) is 0 Å². The van der Waals surface area contributed by atoms with E-state index in [1.54, 1.807) is 19.1 Å². The first-order valence-electron chi connectivity index (χ1n) is 8.12. The molecule has 2 N–H and O–H groups in total. The predicted molar refractivity (Wildman–Crippen MR) is 95.8 cm³/mol. The molecule has 24 heavy (non-hydrogen) atoms. The minimum atomic E-state index is -0.607. The van der Waals surface area contributed by atoms with Crippen molar-refractivity contribution >= 4 is 11.8 Å².